The van der Waals surface area contributed by atoms with E-state index in [1.165, 1.54) is 0 Å². The van der Waals surface area contributed by atoms with Crippen LogP contribution >= 0.6 is 0 Å². The summed E-state index contributed by atoms with van der Waals surface area (Å²) in [6.07, 6.45) is 0.580. The quantitative estimate of drug-likeness (QED) is 0.713. The molecule has 0 bridgehead atoms. The lowest BCUT2D eigenvalue weighted by molar-refractivity contribution is 0.160. The van der Waals surface area contributed by atoms with E-state index in [2.05, 4.69) is 0 Å². The molecule has 0 radical (unpaired) electrons. The third-order valence-electron chi connectivity index (χ3n) is 2.49. The molecular formula is C11H14N2O2. The fourth-order valence-electron chi connectivity index (χ4n) is 1.79. The summed E-state index contributed by atoms with van der Waals surface area (Å²) in [4.78, 5) is 13.2. The van der Waals surface area contributed by atoms with Crippen LogP contribution < -0.4 is 10.6 Å². The Morgan fingerprint density at radius 3 is 3.13 bits per heavy atom. The van der Waals surface area contributed by atoms with Gasteiger partial charge < -0.3 is 10.5 Å². The largest absolute Gasteiger partial charge is 0.449 e. The minimum atomic E-state index is -0.290. The predicted octanol–water partition coefficient (Wildman–Crippen LogP) is 1.79. The summed E-state index contributed by atoms with van der Waals surface area (Å²) in [5.41, 5.74) is 8.39. The molecular weight excluding hydrogens is 192 g/mol. The molecule has 1 aromatic rings. The Labute approximate surface area is 88.6 Å². The highest BCUT2D eigenvalue weighted by Gasteiger charge is 2.25. The van der Waals surface area contributed by atoms with Gasteiger partial charge in [0.1, 0.15) is 0 Å². The highest BCUT2D eigenvalue weighted by molar-refractivity contribution is 5.91. The van der Waals surface area contributed by atoms with E-state index in [0.29, 0.717) is 18.8 Å². The van der Waals surface area contributed by atoms with Crippen LogP contribution in [0.15, 0.2) is 18.2 Å². The van der Waals surface area contributed by atoms with E-state index in [1.807, 2.05) is 18.2 Å². The smallest absolute Gasteiger partial charge is 0.414 e. The van der Waals surface area contributed by atoms with E-state index in [9.17, 15) is 4.79 Å². The molecule has 1 aromatic carbocycles. The molecule has 0 saturated heterocycles. The predicted molar refractivity (Wildman–Crippen MR) is 58.9 cm³/mol. The van der Waals surface area contributed by atoms with Crippen molar-refractivity contribution in [1.82, 2.24) is 0 Å². The molecule has 1 aliphatic rings. The minimum absolute atomic E-state index is 0.290. The average Bonchev–Trinajstić information content (AvgIpc) is 2.60. The van der Waals surface area contributed by atoms with Gasteiger partial charge in [-0.1, -0.05) is 6.07 Å². The van der Waals surface area contributed by atoms with Crippen molar-refractivity contribution in [3.63, 3.8) is 0 Å². The van der Waals surface area contributed by atoms with Gasteiger partial charge in [0.15, 0.2) is 0 Å². The third-order valence-corrected chi connectivity index (χ3v) is 2.49. The zero-order chi connectivity index (χ0) is 10.8. The maximum absolute atomic E-state index is 11.6. The van der Waals surface area contributed by atoms with Gasteiger partial charge in [0, 0.05) is 12.2 Å². The van der Waals surface area contributed by atoms with E-state index < -0.39 is 0 Å². The number of nitrogen functional groups attached to an aromatic ring is 1. The van der Waals surface area contributed by atoms with Gasteiger partial charge in [-0.3, -0.25) is 4.90 Å². The first-order valence-corrected chi connectivity index (χ1v) is 5.05. The van der Waals surface area contributed by atoms with Crippen molar-refractivity contribution < 1.29 is 9.53 Å². The van der Waals surface area contributed by atoms with Crippen molar-refractivity contribution in [3.8, 4) is 0 Å². The van der Waals surface area contributed by atoms with Crippen LogP contribution in [-0.4, -0.2) is 19.2 Å². The van der Waals surface area contributed by atoms with Crippen LogP contribution in [0, 0.1) is 0 Å². The summed E-state index contributed by atoms with van der Waals surface area (Å²) in [7, 11) is 0. The first kappa shape index (κ1) is 9.83. The number of nitrogens with two attached hydrogens (primary N) is 1. The van der Waals surface area contributed by atoms with Crippen molar-refractivity contribution in [2.45, 2.75) is 13.3 Å². The number of hydrogen-bond acceptors (Lipinski definition) is 3. The molecule has 15 heavy (non-hydrogen) atoms. The Hall–Kier alpha value is -1.71. The van der Waals surface area contributed by atoms with Crippen molar-refractivity contribution in [2.75, 3.05) is 23.8 Å². The van der Waals surface area contributed by atoms with E-state index in [0.717, 1.165) is 17.7 Å². The lowest BCUT2D eigenvalue weighted by Crippen LogP contribution is -2.29. The van der Waals surface area contributed by atoms with Crippen LogP contribution in [0.1, 0.15) is 12.5 Å². The number of carbonyl (C=O) groups excluding carboxylic acids is 1. The normalized spacial score (nSPS) is 13.8. The Morgan fingerprint density at radius 1 is 1.60 bits per heavy atom. The van der Waals surface area contributed by atoms with Crippen molar-refractivity contribution in [3.05, 3.63) is 23.8 Å². The SMILES string of the molecule is CCOC(=O)N1CCc2ccc(N)cc21. The highest BCUT2D eigenvalue weighted by atomic mass is 16.6. The fraction of sp³-hybridized carbons (Fsp3) is 0.364. The molecule has 0 fully saturated rings. The van der Waals surface area contributed by atoms with Crippen molar-refractivity contribution in [1.29, 1.82) is 0 Å². The van der Waals surface area contributed by atoms with Crippen LogP contribution in [0.25, 0.3) is 0 Å². The molecule has 1 heterocycles. The molecule has 0 aliphatic carbocycles. The zero-order valence-corrected chi connectivity index (χ0v) is 8.69. The van der Waals surface area contributed by atoms with Crippen LogP contribution in [0.3, 0.4) is 0 Å². The van der Waals surface area contributed by atoms with Crippen LogP contribution in [-0.2, 0) is 11.2 Å². The molecule has 4 nitrogen and oxygen atoms in total. The van der Waals surface area contributed by atoms with Crippen LogP contribution in [0.4, 0.5) is 16.2 Å². The Balaban J connectivity index is 2.27. The summed E-state index contributed by atoms with van der Waals surface area (Å²) in [6.45, 7) is 2.87. The number of hydrogen-bond donors (Lipinski definition) is 1. The molecule has 0 unspecified atom stereocenters. The number of ether oxygens (including phenoxy) is 1. The monoisotopic (exact) mass is 206 g/mol. The maximum atomic E-state index is 11.6. The molecule has 4 heteroatoms. The summed E-state index contributed by atoms with van der Waals surface area (Å²) >= 11 is 0. The first-order valence-electron chi connectivity index (χ1n) is 5.05. The summed E-state index contributed by atoms with van der Waals surface area (Å²) in [5.74, 6) is 0. The Morgan fingerprint density at radius 2 is 2.40 bits per heavy atom. The van der Waals surface area contributed by atoms with Gasteiger partial charge in [-0.2, -0.15) is 0 Å². The molecule has 1 aliphatic heterocycles. The summed E-state index contributed by atoms with van der Waals surface area (Å²) < 4.78 is 4.97. The second kappa shape index (κ2) is 3.81. The summed E-state index contributed by atoms with van der Waals surface area (Å²) in [5, 5.41) is 0. The van der Waals surface area contributed by atoms with Crippen molar-refractivity contribution >= 4 is 17.5 Å². The standard InChI is InChI=1S/C11H14N2O2/c1-2-15-11(14)13-6-5-8-3-4-9(12)7-10(8)13/h3-4,7H,2,5-6,12H2,1H3. The molecule has 0 atom stereocenters. The Bertz CT molecular complexity index is 390. The van der Waals surface area contributed by atoms with Gasteiger partial charge in [0.2, 0.25) is 0 Å². The van der Waals surface area contributed by atoms with Gasteiger partial charge >= 0.3 is 6.09 Å². The van der Waals surface area contributed by atoms with Crippen LogP contribution in [0.2, 0.25) is 0 Å². The minimum Gasteiger partial charge on any atom is -0.449 e. The average molecular weight is 206 g/mol. The second-order valence-electron chi connectivity index (χ2n) is 3.49. The van der Waals surface area contributed by atoms with Crippen LogP contribution in [0.5, 0.6) is 0 Å². The summed E-state index contributed by atoms with van der Waals surface area (Å²) in [6, 6.07) is 5.64. The lowest BCUT2D eigenvalue weighted by Gasteiger charge is -2.16. The highest BCUT2D eigenvalue weighted by Crippen LogP contribution is 2.30. The van der Waals surface area contributed by atoms with Gasteiger partial charge in [0.25, 0.3) is 0 Å². The Kier molecular flexibility index (Phi) is 2.49. The van der Waals surface area contributed by atoms with E-state index in [1.54, 1.807) is 11.8 Å². The molecule has 2 rings (SSSR count). The number of fused-ring (bicyclic) bond motifs is 1. The first-order chi connectivity index (χ1) is 7.22. The second-order valence-corrected chi connectivity index (χ2v) is 3.49. The number of carbonyl (C=O) groups is 1. The van der Waals surface area contributed by atoms with E-state index in [4.69, 9.17) is 10.5 Å². The number of benzene rings is 1. The van der Waals surface area contributed by atoms with Gasteiger partial charge in [-0.15, -0.1) is 0 Å². The number of anilines is 2. The number of rotatable bonds is 1. The van der Waals surface area contributed by atoms with E-state index >= 15 is 0 Å². The fourth-order valence-corrected chi connectivity index (χ4v) is 1.79. The molecule has 1 amide bonds. The third kappa shape index (κ3) is 1.75. The molecule has 2 N–H and O–H groups in total. The van der Waals surface area contributed by atoms with Gasteiger partial charge in [-0.25, -0.2) is 4.79 Å². The molecule has 0 aromatic heterocycles. The van der Waals surface area contributed by atoms with Gasteiger partial charge in [0.05, 0.1) is 12.3 Å². The molecule has 0 saturated carbocycles. The molecule has 80 valence electrons. The topological polar surface area (TPSA) is 55.6 Å². The zero-order valence-electron chi connectivity index (χ0n) is 8.69. The number of nitrogens with zero attached hydrogens (tertiary/aromatic N) is 1. The number of amides is 1. The van der Waals surface area contributed by atoms with E-state index in [-0.39, 0.29) is 6.09 Å². The van der Waals surface area contributed by atoms with Crippen molar-refractivity contribution in [2.24, 2.45) is 0 Å². The maximum Gasteiger partial charge on any atom is 0.414 e. The van der Waals surface area contributed by atoms with Gasteiger partial charge in [-0.05, 0) is 31.0 Å². The lowest BCUT2D eigenvalue weighted by atomic mass is 10.1. The molecule has 0 spiro atoms.